The highest BCUT2D eigenvalue weighted by molar-refractivity contribution is 9.10. The monoisotopic (exact) mass is 325 g/mol. The Morgan fingerprint density at radius 1 is 1.42 bits per heavy atom. The summed E-state index contributed by atoms with van der Waals surface area (Å²) >= 11 is 3.19. The normalized spacial score (nSPS) is 10.2. The summed E-state index contributed by atoms with van der Waals surface area (Å²) in [7, 11) is 0. The van der Waals surface area contributed by atoms with Crippen LogP contribution in [0.2, 0.25) is 0 Å². The second-order valence-electron chi connectivity index (χ2n) is 3.64. The topological polar surface area (TPSA) is 108 Å². The van der Waals surface area contributed by atoms with Gasteiger partial charge in [-0.25, -0.2) is 0 Å². The average molecular weight is 326 g/mol. The quantitative estimate of drug-likeness (QED) is 0.458. The molecular weight excluding hydrogens is 318 g/mol. The predicted molar refractivity (Wildman–Crippen MR) is 71.2 cm³/mol. The maximum Gasteiger partial charge on any atom is 0.273 e. The molecule has 3 N–H and O–H groups in total. The zero-order valence-corrected chi connectivity index (χ0v) is 11.0. The van der Waals surface area contributed by atoms with Crippen LogP contribution >= 0.6 is 15.9 Å². The van der Waals surface area contributed by atoms with Crippen molar-refractivity contribution in [2.75, 3.05) is 5.32 Å². The number of nitrogens with one attached hydrogen (secondary N) is 2. The molecule has 0 aliphatic rings. The number of aromatic amines is 1. The van der Waals surface area contributed by atoms with E-state index in [4.69, 9.17) is 0 Å². The van der Waals surface area contributed by atoms with Crippen LogP contribution in [0.1, 0.15) is 10.5 Å². The number of carbonyl (C=O) groups excluding carboxylic acids is 1. The molecule has 0 saturated heterocycles. The number of nitro benzene ring substituents is 1. The van der Waals surface area contributed by atoms with Crippen LogP contribution in [0.25, 0.3) is 0 Å². The van der Waals surface area contributed by atoms with Crippen LogP contribution in [0.5, 0.6) is 5.75 Å². The lowest BCUT2D eigenvalue weighted by molar-refractivity contribution is -0.384. The number of rotatable bonds is 3. The van der Waals surface area contributed by atoms with Gasteiger partial charge in [0.1, 0.15) is 11.4 Å². The number of H-pyrrole nitrogens is 1. The molecule has 0 aliphatic carbocycles. The number of aromatic hydroxyl groups is 1. The van der Waals surface area contributed by atoms with E-state index in [1.807, 2.05) is 0 Å². The van der Waals surface area contributed by atoms with Crippen molar-refractivity contribution < 1.29 is 14.8 Å². The number of nitrogens with zero attached hydrogens (tertiary/aromatic N) is 1. The molecule has 1 heterocycles. The van der Waals surface area contributed by atoms with Gasteiger partial charge in [0.05, 0.1) is 16.7 Å². The van der Waals surface area contributed by atoms with Crippen LogP contribution in [0, 0.1) is 10.1 Å². The van der Waals surface area contributed by atoms with E-state index in [-0.39, 0.29) is 17.1 Å². The molecule has 0 aliphatic heterocycles. The number of phenolic OH excluding ortho intramolecular Hbond substituents is 1. The Morgan fingerprint density at radius 3 is 2.68 bits per heavy atom. The summed E-state index contributed by atoms with van der Waals surface area (Å²) in [6.45, 7) is 0. The van der Waals surface area contributed by atoms with Gasteiger partial charge in [-0.05, 0) is 28.1 Å². The Morgan fingerprint density at radius 2 is 2.16 bits per heavy atom. The highest BCUT2D eigenvalue weighted by Gasteiger charge is 2.14. The Labute approximate surface area is 115 Å². The fourth-order valence-corrected chi connectivity index (χ4v) is 1.77. The number of phenols is 1. The van der Waals surface area contributed by atoms with Gasteiger partial charge in [-0.3, -0.25) is 14.9 Å². The molecule has 0 bridgehead atoms. The highest BCUT2D eigenvalue weighted by atomic mass is 79.9. The third-order valence-corrected chi connectivity index (χ3v) is 2.79. The van der Waals surface area contributed by atoms with Crippen molar-refractivity contribution in [2.45, 2.75) is 0 Å². The molecule has 98 valence electrons. The van der Waals surface area contributed by atoms with Gasteiger partial charge in [0.2, 0.25) is 0 Å². The summed E-state index contributed by atoms with van der Waals surface area (Å²) in [5.74, 6) is -0.831. The SMILES string of the molecule is O=C(Nc1ccc([N+](=O)[O-])cc1O)c1cc(Br)c[nH]1. The van der Waals surface area contributed by atoms with Gasteiger partial charge < -0.3 is 15.4 Å². The van der Waals surface area contributed by atoms with Gasteiger partial charge in [-0.1, -0.05) is 0 Å². The first kappa shape index (κ1) is 13.1. The number of amides is 1. The van der Waals surface area contributed by atoms with Crippen LogP contribution in [-0.2, 0) is 0 Å². The number of benzene rings is 1. The largest absolute Gasteiger partial charge is 0.506 e. The van der Waals surface area contributed by atoms with E-state index in [9.17, 15) is 20.0 Å². The Bertz CT molecular complexity index is 653. The molecule has 0 atom stereocenters. The van der Waals surface area contributed by atoms with Gasteiger partial charge in [0, 0.05) is 16.7 Å². The summed E-state index contributed by atoms with van der Waals surface area (Å²) in [6, 6.07) is 5.00. The molecule has 0 saturated carbocycles. The van der Waals surface area contributed by atoms with E-state index in [1.54, 1.807) is 12.3 Å². The third-order valence-electron chi connectivity index (χ3n) is 2.33. The van der Waals surface area contributed by atoms with E-state index in [1.165, 1.54) is 12.1 Å². The maximum atomic E-state index is 11.8. The highest BCUT2D eigenvalue weighted by Crippen LogP contribution is 2.28. The second kappa shape index (κ2) is 5.11. The van der Waals surface area contributed by atoms with Crippen LogP contribution in [-0.4, -0.2) is 20.9 Å². The fraction of sp³-hybridized carbons (Fsp3) is 0. The van der Waals surface area contributed by atoms with E-state index < -0.39 is 10.8 Å². The molecule has 0 spiro atoms. The first-order chi connectivity index (χ1) is 8.97. The van der Waals surface area contributed by atoms with E-state index in [0.717, 1.165) is 6.07 Å². The molecule has 2 aromatic rings. The van der Waals surface area contributed by atoms with Crippen LogP contribution in [0.3, 0.4) is 0 Å². The number of anilines is 1. The van der Waals surface area contributed by atoms with Gasteiger partial charge in [0.15, 0.2) is 0 Å². The van der Waals surface area contributed by atoms with E-state index >= 15 is 0 Å². The summed E-state index contributed by atoms with van der Waals surface area (Å²) in [6.07, 6.45) is 1.59. The number of hydrogen-bond acceptors (Lipinski definition) is 4. The number of hydrogen-bond donors (Lipinski definition) is 3. The average Bonchev–Trinajstić information content (AvgIpc) is 2.78. The summed E-state index contributed by atoms with van der Waals surface area (Å²) < 4.78 is 0.713. The van der Waals surface area contributed by atoms with Crippen molar-refractivity contribution >= 4 is 33.2 Å². The molecule has 8 heteroatoms. The minimum atomic E-state index is -0.632. The smallest absolute Gasteiger partial charge is 0.273 e. The second-order valence-corrected chi connectivity index (χ2v) is 4.56. The molecule has 0 fully saturated rings. The van der Waals surface area contributed by atoms with Crippen molar-refractivity contribution in [2.24, 2.45) is 0 Å². The van der Waals surface area contributed by atoms with Crippen LogP contribution < -0.4 is 5.32 Å². The predicted octanol–water partition coefficient (Wildman–Crippen LogP) is 2.64. The van der Waals surface area contributed by atoms with Crippen molar-refractivity contribution in [1.82, 2.24) is 4.98 Å². The van der Waals surface area contributed by atoms with Crippen molar-refractivity contribution in [3.8, 4) is 5.75 Å². The minimum Gasteiger partial charge on any atom is -0.506 e. The zero-order chi connectivity index (χ0) is 14.0. The Balaban J connectivity index is 2.20. The van der Waals surface area contributed by atoms with Gasteiger partial charge in [0.25, 0.3) is 11.6 Å². The van der Waals surface area contributed by atoms with Crippen LogP contribution in [0.15, 0.2) is 34.9 Å². The third kappa shape index (κ3) is 2.91. The lowest BCUT2D eigenvalue weighted by Gasteiger charge is -2.05. The summed E-state index contributed by atoms with van der Waals surface area (Å²) in [5.41, 5.74) is 0.143. The zero-order valence-electron chi connectivity index (χ0n) is 9.38. The van der Waals surface area contributed by atoms with E-state index in [2.05, 4.69) is 26.2 Å². The maximum absolute atomic E-state index is 11.8. The number of halogens is 1. The van der Waals surface area contributed by atoms with Crippen LogP contribution in [0.4, 0.5) is 11.4 Å². The standard InChI is InChI=1S/C11H8BrN3O4/c12-6-3-9(13-5-6)11(17)14-8-2-1-7(15(18)19)4-10(8)16/h1-5,13,16H,(H,14,17). The lowest BCUT2D eigenvalue weighted by Crippen LogP contribution is -2.12. The summed E-state index contributed by atoms with van der Waals surface area (Å²) in [5, 5.41) is 22.6. The molecule has 1 aromatic heterocycles. The lowest BCUT2D eigenvalue weighted by atomic mass is 10.2. The first-order valence-electron chi connectivity index (χ1n) is 5.10. The molecule has 2 rings (SSSR count). The van der Waals surface area contributed by atoms with Crippen molar-refractivity contribution in [3.05, 3.63) is 50.7 Å². The van der Waals surface area contributed by atoms with Crippen molar-refractivity contribution in [3.63, 3.8) is 0 Å². The van der Waals surface area contributed by atoms with E-state index in [0.29, 0.717) is 10.2 Å². The molecule has 0 radical (unpaired) electrons. The molecule has 19 heavy (non-hydrogen) atoms. The first-order valence-corrected chi connectivity index (χ1v) is 5.89. The molecule has 1 amide bonds. The number of aromatic nitrogens is 1. The molecule has 7 nitrogen and oxygen atoms in total. The minimum absolute atomic E-state index is 0.0984. The van der Waals surface area contributed by atoms with Gasteiger partial charge >= 0.3 is 0 Å². The number of nitro groups is 1. The molecular formula is C11H8BrN3O4. The fourth-order valence-electron chi connectivity index (χ4n) is 1.43. The Kier molecular flexibility index (Phi) is 3.52. The Hall–Kier alpha value is -2.35. The summed E-state index contributed by atoms with van der Waals surface area (Å²) in [4.78, 5) is 24.4. The molecule has 1 aromatic carbocycles. The number of carbonyl (C=O) groups is 1. The van der Waals surface area contributed by atoms with Crippen molar-refractivity contribution in [1.29, 1.82) is 0 Å². The number of non-ortho nitro benzene ring substituents is 1. The molecule has 0 unspecified atom stereocenters. The van der Waals surface area contributed by atoms with Gasteiger partial charge in [-0.15, -0.1) is 0 Å². The van der Waals surface area contributed by atoms with Gasteiger partial charge in [-0.2, -0.15) is 0 Å².